The summed E-state index contributed by atoms with van der Waals surface area (Å²) in [4.78, 5) is 0. The smallest absolute Gasteiger partial charge is 0.125 e. The highest BCUT2D eigenvalue weighted by Gasteiger charge is 2.06. The summed E-state index contributed by atoms with van der Waals surface area (Å²) in [5, 5.41) is 18.4. The molecule has 0 saturated heterocycles. The van der Waals surface area contributed by atoms with Gasteiger partial charge in [-0.25, -0.2) is 0 Å². The number of hydrogen-bond acceptors (Lipinski definition) is 3. The molecule has 1 rings (SSSR count). The predicted octanol–water partition coefficient (Wildman–Crippen LogP) is 1.77. The Morgan fingerprint density at radius 2 is 1.79 bits per heavy atom. The van der Waals surface area contributed by atoms with E-state index < -0.39 is 6.10 Å². The maximum atomic E-state index is 9.29. The molecule has 0 saturated carbocycles. The van der Waals surface area contributed by atoms with Gasteiger partial charge in [0.15, 0.2) is 0 Å². The topological polar surface area (TPSA) is 49.7 Å². The molecule has 0 spiro atoms. The van der Waals surface area contributed by atoms with Gasteiger partial charge in [-0.05, 0) is 44.0 Å². The number of ether oxygens (including phenoxy) is 1. The largest absolute Gasteiger partial charge is 0.508 e. The van der Waals surface area contributed by atoms with Gasteiger partial charge in [-0.2, -0.15) is 0 Å². The molecule has 2 N–H and O–H groups in total. The first-order valence-electron chi connectivity index (χ1n) is 4.61. The van der Waals surface area contributed by atoms with Crippen LogP contribution in [0, 0.1) is 13.8 Å². The van der Waals surface area contributed by atoms with E-state index in [0.717, 1.165) is 16.9 Å². The predicted molar refractivity (Wildman–Crippen MR) is 54.8 cm³/mol. The molecule has 0 bridgehead atoms. The van der Waals surface area contributed by atoms with E-state index in [0.29, 0.717) is 0 Å². The van der Waals surface area contributed by atoms with Crippen molar-refractivity contribution in [3.63, 3.8) is 0 Å². The van der Waals surface area contributed by atoms with Crippen LogP contribution in [0.5, 0.6) is 11.5 Å². The number of phenols is 1. The van der Waals surface area contributed by atoms with E-state index in [-0.39, 0.29) is 12.4 Å². The third-order valence-corrected chi connectivity index (χ3v) is 1.91. The zero-order valence-electron chi connectivity index (χ0n) is 8.74. The molecule has 0 amide bonds. The number of hydrogen-bond donors (Lipinski definition) is 2. The Morgan fingerprint density at radius 3 is 2.21 bits per heavy atom. The molecule has 0 radical (unpaired) electrons. The maximum absolute atomic E-state index is 9.29. The Kier molecular flexibility index (Phi) is 3.36. The van der Waals surface area contributed by atoms with Crippen molar-refractivity contribution >= 4 is 0 Å². The van der Waals surface area contributed by atoms with Crippen LogP contribution in [0.25, 0.3) is 0 Å². The minimum absolute atomic E-state index is 0.240. The Labute approximate surface area is 84.0 Å². The van der Waals surface area contributed by atoms with Gasteiger partial charge < -0.3 is 14.9 Å². The molecule has 0 aromatic heterocycles. The van der Waals surface area contributed by atoms with E-state index in [4.69, 9.17) is 9.84 Å². The molecule has 78 valence electrons. The van der Waals surface area contributed by atoms with Gasteiger partial charge >= 0.3 is 0 Å². The summed E-state index contributed by atoms with van der Waals surface area (Å²) in [7, 11) is 0. The minimum atomic E-state index is -0.484. The highest BCUT2D eigenvalue weighted by atomic mass is 16.5. The molecule has 0 aliphatic carbocycles. The SMILES string of the molecule is Cc1cc(O)cc(C)c1OCC(C)O. The summed E-state index contributed by atoms with van der Waals surface area (Å²) < 4.78 is 5.42. The molecule has 1 aromatic carbocycles. The first-order valence-corrected chi connectivity index (χ1v) is 4.61. The molecule has 0 heterocycles. The van der Waals surface area contributed by atoms with Gasteiger partial charge in [0.25, 0.3) is 0 Å². The third-order valence-electron chi connectivity index (χ3n) is 1.91. The van der Waals surface area contributed by atoms with Crippen LogP contribution in [0.4, 0.5) is 0 Å². The van der Waals surface area contributed by atoms with Crippen LogP contribution in [0.2, 0.25) is 0 Å². The van der Waals surface area contributed by atoms with Crippen molar-refractivity contribution in [2.24, 2.45) is 0 Å². The van der Waals surface area contributed by atoms with E-state index in [1.807, 2.05) is 13.8 Å². The third kappa shape index (κ3) is 2.64. The second kappa shape index (κ2) is 4.33. The molecular weight excluding hydrogens is 180 g/mol. The van der Waals surface area contributed by atoms with Gasteiger partial charge in [0.05, 0.1) is 6.10 Å². The lowest BCUT2D eigenvalue weighted by Crippen LogP contribution is -2.13. The van der Waals surface area contributed by atoms with Crippen molar-refractivity contribution in [3.05, 3.63) is 23.3 Å². The van der Waals surface area contributed by atoms with Crippen molar-refractivity contribution < 1.29 is 14.9 Å². The van der Waals surface area contributed by atoms with Gasteiger partial charge in [0, 0.05) is 0 Å². The van der Waals surface area contributed by atoms with Crippen LogP contribution in [0.15, 0.2) is 12.1 Å². The van der Waals surface area contributed by atoms with E-state index in [1.165, 1.54) is 0 Å². The number of aliphatic hydroxyl groups is 1. The Morgan fingerprint density at radius 1 is 1.29 bits per heavy atom. The summed E-state index contributed by atoms with van der Waals surface area (Å²) in [5.74, 6) is 0.980. The van der Waals surface area contributed by atoms with Crippen LogP contribution in [0.3, 0.4) is 0 Å². The second-order valence-electron chi connectivity index (χ2n) is 3.57. The van der Waals surface area contributed by atoms with E-state index in [2.05, 4.69) is 0 Å². The Hall–Kier alpha value is -1.22. The van der Waals surface area contributed by atoms with Gasteiger partial charge in [0.1, 0.15) is 18.1 Å². The number of benzene rings is 1. The fourth-order valence-corrected chi connectivity index (χ4v) is 1.36. The van der Waals surface area contributed by atoms with Crippen LogP contribution in [-0.4, -0.2) is 22.9 Å². The molecule has 3 heteroatoms. The van der Waals surface area contributed by atoms with Crippen LogP contribution < -0.4 is 4.74 Å². The maximum Gasteiger partial charge on any atom is 0.125 e. The van der Waals surface area contributed by atoms with Crippen LogP contribution >= 0.6 is 0 Å². The lowest BCUT2D eigenvalue weighted by atomic mass is 10.1. The lowest BCUT2D eigenvalue weighted by molar-refractivity contribution is 0.122. The number of aromatic hydroxyl groups is 1. The van der Waals surface area contributed by atoms with E-state index >= 15 is 0 Å². The van der Waals surface area contributed by atoms with Gasteiger partial charge in [-0.3, -0.25) is 0 Å². The molecule has 1 aromatic rings. The average Bonchev–Trinajstić information content (AvgIpc) is 2.01. The zero-order valence-corrected chi connectivity index (χ0v) is 8.74. The van der Waals surface area contributed by atoms with Crippen molar-refractivity contribution in [1.29, 1.82) is 0 Å². The second-order valence-corrected chi connectivity index (χ2v) is 3.57. The number of aryl methyl sites for hydroxylation is 2. The first kappa shape index (κ1) is 10.9. The van der Waals surface area contributed by atoms with Crippen molar-refractivity contribution in [1.82, 2.24) is 0 Å². The number of rotatable bonds is 3. The van der Waals surface area contributed by atoms with E-state index in [1.54, 1.807) is 19.1 Å². The highest BCUT2D eigenvalue weighted by molar-refractivity contribution is 5.45. The quantitative estimate of drug-likeness (QED) is 0.774. The van der Waals surface area contributed by atoms with E-state index in [9.17, 15) is 5.11 Å². The summed E-state index contributed by atoms with van der Waals surface area (Å²) >= 11 is 0. The van der Waals surface area contributed by atoms with Gasteiger partial charge in [-0.1, -0.05) is 0 Å². The molecule has 0 fully saturated rings. The van der Waals surface area contributed by atoms with Gasteiger partial charge in [-0.15, -0.1) is 0 Å². The van der Waals surface area contributed by atoms with Crippen molar-refractivity contribution in [2.75, 3.05) is 6.61 Å². The Balaban J connectivity index is 2.86. The van der Waals surface area contributed by atoms with Gasteiger partial charge in [0.2, 0.25) is 0 Å². The minimum Gasteiger partial charge on any atom is -0.508 e. The monoisotopic (exact) mass is 196 g/mol. The number of phenolic OH excluding ortho intramolecular Hbond substituents is 1. The molecule has 3 nitrogen and oxygen atoms in total. The zero-order chi connectivity index (χ0) is 10.7. The van der Waals surface area contributed by atoms with Crippen molar-refractivity contribution in [2.45, 2.75) is 26.9 Å². The fourth-order valence-electron chi connectivity index (χ4n) is 1.36. The summed E-state index contributed by atoms with van der Waals surface area (Å²) in [6.45, 7) is 5.67. The number of aliphatic hydroxyl groups excluding tert-OH is 1. The summed E-state index contributed by atoms with van der Waals surface area (Å²) in [6, 6.07) is 3.29. The van der Waals surface area contributed by atoms with Crippen LogP contribution in [-0.2, 0) is 0 Å². The average molecular weight is 196 g/mol. The normalized spacial score (nSPS) is 12.6. The molecule has 0 aliphatic heterocycles. The van der Waals surface area contributed by atoms with Crippen molar-refractivity contribution in [3.8, 4) is 11.5 Å². The highest BCUT2D eigenvalue weighted by Crippen LogP contribution is 2.27. The lowest BCUT2D eigenvalue weighted by Gasteiger charge is -2.13. The molecule has 0 aliphatic rings. The Bertz CT molecular complexity index is 295. The molecule has 1 unspecified atom stereocenters. The first-order chi connectivity index (χ1) is 6.50. The summed E-state index contributed by atoms with van der Waals surface area (Å²) in [5.41, 5.74) is 1.76. The summed E-state index contributed by atoms with van der Waals surface area (Å²) in [6.07, 6.45) is -0.484. The molecule has 1 atom stereocenters. The fraction of sp³-hybridized carbons (Fsp3) is 0.455. The molecule has 14 heavy (non-hydrogen) atoms. The molecular formula is C11H16O3. The van der Waals surface area contributed by atoms with Crippen LogP contribution in [0.1, 0.15) is 18.1 Å². The standard InChI is InChI=1S/C11H16O3/c1-7-4-10(13)5-8(2)11(7)14-6-9(3)12/h4-5,9,12-13H,6H2,1-3H3.